The lowest BCUT2D eigenvalue weighted by molar-refractivity contribution is -0.126. The molecule has 0 unspecified atom stereocenters. The summed E-state index contributed by atoms with van der Waals surface area (Å²) in [6.07, 6.45) is 5.02. The van der Waals surface area contributed by atoms with Gasteiger partial charge in [-0.2, -0.15) is 0 Å². The van der Waals surface area contributed by atoms with Crippen LogP contribution in [0.2, 0.25) is 0 Å². The highest BCUT2D eigenvalue weighted by molar-refractivity contribution is 5.94. The predicted octanol–water partition coefficient (Wildman–Crippen LogP) is 3.17. The molecular weight excluding hydrogens is 350 g/mol. The zero-order chi connectivity index (χ0) is 19.9. The normalized spacial score (nSPS) is 19.8. The number of benzene rings is 1. The lowest BCUT2D eigenvalue weighted by Gasteiger charge is -2.41. The topological polar surface area (TPSA) is 52.7 Å². The van der Waals surface area contributed by atoms with Gasteiger partial charge in [-0.1, -0.05) is 32.0 Å². The van der Waals surface area contributed by atoms with Crippen molar-refractivity contribution in [2.45, 2.75) is 52.0 Å². The summed E-state index contributed by atoms with van der Waals surface area (Å²) in [5.41, 5.74) is 0.783. The molecule has 1 aromatic carbocycles. The van der Waals surface area contributed by atoms with Crippen LogP contribution in [0.25, 0.3) is 0 Å². The maximum Gasteiger partial charge on any atom is 0.253 e. The number of hydrogen-bond acceptors (Lipinski definition) is 3. The molecule has 0 aliphatic carbocycles. The molecule has 2 fully saturated rings. The van der Waals surface area contributed by atoms with Crippen LogP contribution >= 0.6 is 0 Å². The van der Waals surface area contributed by atoms with Crippen LogP contribution in [0.15, 0.2) is 30.3 Å². The van der Waals surface area contributed by atoms with E-state index in [0.29, 0.717) is 12.0 Å². The van der Waals surface area contributed by atoms with Gasteiger partial charge in [0.25, 0.3) is 5.91 Å². The quantitative estimate of drug-likeness (QED) is 0.818. The number of rotatable bonds is 6. The second-order valence-corrected chi connectivity index (χ2v) is 8.67. The first-order valence-corrected chi connectivity index (χ1v) is 10.9. The highest BCUT2D eigenvalue weighted by Gasteiger charge is 2.31. The van der Waals surface area contributed by atoms with Gasteiger partial charge in [0.2, 0.25) is 5.91 Å². The summed E-state index contributed by atoms with van der Waals surface area (Å²) in [4.78, 5) is 29.5. The average Bonchev–Trinajstić information content (AvgIpc) is 2.74. The molecule has 0 spiro atoms. The molecule has 0 aromatic heterocycles. The summed E-state index contributed by atoms with van der Waals surface area (Å²) in [7, 11) is 0. The number of nitrogens with zero attached hydrogens (tertiary/aromatic N) is 2. The van der Waals surface area contributed by atoms with Crippen LogP contribution in [-0.2, 0) is 4.79 Å². The smallest absolute Gasteiger partial charge is 0.253 e. The fourth-order valence-electron chi connectivity index (χ4n) is 4.35. The first-order valence-electron chi connectivity index (χ1n) is 10.9. The maximum atomic E-state index is 12.6. The van der Waals surface area contributed by atoms with Gasteiger partial charge in [-0.05, 0) is 63.2 Å². The lowest BCUT2D eigenvalue weighted by Crippen LogP contribution is -2.50. The monoisotopic (exact) mass is 385 g/mol. The number of piperidine rings is 2. The highest BCUT2D eigenvalue weighted by atomic mass is 16.2. The maximum absolute atomic E-state index is 12.6. The van der Waals surface area contributed by atoms with Crippen molar-refractivity contribution in [3.05, 3.63) is 35.9 Å². The minimum atomic E-state index is 0.149. The molecule has 5 nitrogen and oxygen atoms in total. The largest absolute Gasteiger partial charge is 0.356 e. The fourth-order valence-corrected chi connectivity index (χ4v) is 4.35. The zero-order valence-electron chi connectivity index (χ0n) is 17.4. The van der Waals surface area contributed by atoms with E-state index in [2.05, 4.69) is 24.1 Å². The van der Waals surface area contributed by atoms with Crippen LogP contribution in [0, 0.1) is 11.8 Å². The molecule has 2 saturated heterocycles. The van der Waals surface area contributed by atoms with E-state index in [1.165, 1.54) is 0 Å². The van der Waals surface area contributed by atoms with Gasteiger partial charge in [0.05, 0.1) is 0 Å². The van der Waals surface area contributed by atoms with E-state index in [4.69, 9.17) is 0 Å². The van der Waals surface area contributed by atoms with E-state index in [9.17, 15) is 9.59 Å². The Morgan fingerprint density at radius 1 is 1.00 bits per heavy atom. The lowest BCUT2D eigenvalue weighted by atomic mass is 9.92. The minimum absolute atomic E-state index is 0.149. The third-order valence-corrected chi connectivity index (χ3v) is 6.21. The molecule has 28 heavy (non-hydrogen) atoms. The summed E-state index contributed by atoms with van der Waals surface area (Å²) in [6, 6.07) is 10.1. The Hall–Kier alpha value is -1.88. The molecule has 2 amide bonds. The molecule has 2 aliphatic heterocycles. The second-order valence-electron chi connectivity index (χ2n) is 8.67. The van der Waals surface area contributed by atoms with Crippen LogP contribution < -0.4 is 5.32 Å². The van der Waals surface area contributed by atoms with Crippen LogP contribution in [0.1, 0.15) is 56.3 Å². The molecule has 1 N–H and O–H groups in total. The Labute approximate surface area is 169 Å². The van der Waals surface area contributed by atoms with E-state index in [0.717, 1.165) is 70.4 Å². The Morgan fingerprint density at radius 3 is 2.25 bits per heavy atom. The summed E-state index contributed by atoms with van der Waals surface area (Å²) in [5.74, 6) is 1.18. The Balaban J connectivity index is 1.39. The van der Waals surface area contributed by atoms with Gasteiger partial charge < -0.3 is 15.1 Å². The Bertz CT molecular complexity index is 631. The van der Waals surface area contributed by atoms with Gasteiger partial charge >= 0.3 is 0 Å². The molecule has 2 heterocycles. The van der Waals surface area contributed by atoms with E-state index >= 15 is 0 Å². The summed E-state index contributed by atoms with van der Waals surface area (Å²) in [6.45, 7) is 8.82. The van der Waals surface area contributed by atoms with Gasteiger partial charge in [-0.3, -0.25) is 9.59 Å². The van der Waals surface area contributed by atoms with Crippen molar-refractivity contribution in [1.29, 1.82) is 0 Å². The zero-order valence-corrected chi connectivity index (χ0v) is 17.4. The van der Waals surface area contributed by atoms with Crippen molar-refractivity contribution < 1.29 is 9.59 Å². The molecular formula is C23H35N3O2. The third kappa shape index (κ3) is 5.57. The standard InChI is InChI=1S/C23H35N3O2/c1-18(2)8-13-24-22(27)19-9-14-25(15-10-19)21-11-16-26(17-12-21)23(28)20-6-4-3-5-7-20/h3-7,18-19,21H,8-17H2,1-2H3,(H,24,27). The Morgan fingerprint density at radius 2 is 1.64 bits per heavy atom. The number of carbonyl (C=O) groups is 2. The van der Waals surface area contributed by atoms with E-state index in [1.54, 1.807) is 0 Å². The van der Waals surface area contributed by atoms with Crippen molar-refractivity contribution >= 4 is 11.8 Å². The van der Waals surface area contributed by atoms with Crippen molar-refractivity contribution in [3.63, 3.8) is 0 Å². The molecule has 154 valence electrons. The molecule has 2 aliphatic rings. The number of hydrogen-bond donors (Lipinski definition) is 1. The summed E-state index contributed by atoms with van der Waals surface area (Å²) < 4.78 is 0. The molecule has 0 bridgehead atoms. The third-order valence-electron chi connectivity index (χ3n) is 6.21. The molecule has 5 heteroatoms. The SMILES string of the molecule is CC(C)CCNC(=O)C1CCN(C2CCN(C(=O)c3ccccc3)CC2)CC1. The van der Waals surface area contributed by atoms with Crippen LogP contribution in [0.3, 0.4) is 0 Å². The number of nitrogens with one attached hydrogen (secondary N) is 1. The number of carbonyl (C=O) groups excluding carboxylic acids is 2. The van der Waals surface area contributed by atoms with Crippen molar-refractivity contribution in [3.8, 4) is 0 Å². The average molecular weight is 386 g/mol. The van der Waals surface area contributed by atoms with Gasteiger partial charge in [0.1, 0.15) is 0 Å². The number of amides is 2. The predicted molar refractivity (Wildman–Crippen MR) is 112 cm³/mol. The fraction of sp³-hybridized carbons (Fsp3) is 0.652. The van der Waals surface area contributed by atoms with Gasteiger partial charge in [-0.15, -0.1) is 0 Å². The first kappa shape index (κ1) is 20.8. The van der Waals surface area contributed by atoms with Crippen LogP contribution in [-0.4, -0.2) is 60.4 Å². The molecule has 0 saturated carbocycles. The highest BCUT2D eigenvalue weighted by Crippen LogP contribution is 2.24. The van der Waals surface area contributed by atoms with Crippen molar-refractivity contribution in [2.75, 3.05) is 32.7 Å². The van der Waals surface area contributed by atoms with Gasteiger partial charge in [0, 0.05) is 37.2 Å². The van der Waals surface area contributed by atoms with E-state index < -0.39 is 0 Å². The molecule has 0 atom stereocenters. The van der Waals surface area contributed by atoms with Crippen molar-refractivity contribution in [1.82, 2.24) is 15.1 Å². The molecule has 1 aromatic rings. The van der Waals surface area contributed by atoms with E-state index in [1.807, 2.05) is 35.2 Å². The Kier molecular flexibility index (Phi) is 7.49. The minimum Gasteiger partial charge on any atom is -0.356 e. The molecule has 3 rings (SSSR count). The summed E-state index contributed by atoms with van der Waals surface area (Å²) >= 11 is 0. The summed E-state index contributed by atoms with van der Waals surface area (Å²) in [5, 5.41) is 3.11. The first-order chi connectivity index (χ1) is 13.5. The second kappa shape index (κ2) is 10.1. The van der Waals surface area contributed by atoms with Crippen LogP contribution in [0.4, 0.5) is 0 Å². The van der Waals surface area contributed by atoms with Gasteiger partial charge in [-0.25, -0.2) is 0 Å². The van der Waals surface area contributed by atoms with Gasteiger partial charge in [0.15, 0.2) is 0 Å². The number of likely N-dealkylation sites (tertiary alicyclic amines) is 2. The van der Waals surface area contributed by atoms with E-state index in [-0.39, 0.29) is 17.7 Å². The van der Waals surface area contributed by atoms with Crippen molar-refractivity contribution in [2.24, 2.45) is 11.8 Å². The molecule has 0 radical (unpaired) electrons. The van der Waals surface area contributed by atoms with Crippen LogP contribution in [0.5, 0.6) is 0 Å².